The molecule has 136 valence electrons. The molecule has 10 atom stereocenters. The molecule has 11 nitrogen and oxygen atoms in total. The Bertz CT molecular complexity index is 406. The lowest BCUT2D eigenvalue weighted by molar-refractivity contribution is -0.328. The predicted molar refractivity (Wildman–Crippen MR) is 68.7 cm³/mol. The highest BCUT2D eigenvalue weighted by atomic mass is 16.7. The fourth-order valence-corrected chi connectivity index (χ4v) is 2.85. The van der Waals surface area contributed by atoms with E-state index in [-0.39, 0.29) is 0 Å². The Hall–Kier alpha value is -0.440. The Labute approximate surface area is 130 Å². The minimum Gasteiger partial charge on any atom is -0.394 e. The number of aliphatic hydroxyl groups is 9. The summed E-state index contributed by atoms with van der Waals surface area (Å²) in [7, 11) is 0. The van der Waals surface area contributed by atoms with Gasteiger partial charge in [0.25, 0.3) is 0 Å². The van der Waals surface area contributed by atoms with Crippen LogP contribution in [0.4, 0.5) is 0 Å². The Morgan fingerprint density at radius 1 is 0.826 bits per heavy atom. The lowest BCUT2D eigenvalue weighted by atomic mass is 9.87. The Morgan fingerprint density at radius 2 is 1.39 bits per heavy atom. The summed E-state index contributed by atoms with van der Waals surface area (Å²) in [6.07, 6.45) is -15.8. The van der Waals surface area contributed by atoms with Crippen molar-refractivity contribution in [1.29, 1.82) is 0 Å². The van der Waals surface area contributed by atoms with Gasteiger partial charge in [0.05, 0.1) is 13.2 Å². The third-order valence-electron chi connectivity index (χ3n) is 4.31. The van der Waals surface area contributed by atoms with E-state index in [9.17, 15) is 35.7 Å². The van der Waals surface area contributed by atoms with Crippen LogP contribution in [0.3, 0.4) is 0 Å². The minimum atomic E-state index is -2.81. The molecule has 0 amide bonds. The van der Waals surface area contributed by atoms with Crippen molar-refractivity contribution in [3.63, 3.8) is 0 Å². The second kappa shape index (κ2) is 6.82. The van der Waals surface area contributed by atoms with Crippen LogP contribution in [0.25, 0.3) is 0 Å². The zero-order chi connectivity index (χ0) is 17.5. The van der Waals surface area contributed by atoms with Gasteiger partial charge in [-0.2, -0.15) is 0 Å². The van der Waals surface area contributed by atoms with Crippen molar-refractivity contribution < 1.29 is 55.4 Å². The first kappa shape index (κ1) is 18.9. The number of ether oxygens (including phenoxy) is 2. The van der Waals surface area contributed by atoms with E-state index < -0.39 is 73.9 Å². The van der Waals surface area contributed by atoms with Crippen molar-refractivity contribution in [3.8, 4) is 0 Å². The van der Waals surface area contributed by atoms with E-state index in [1.165, 1.54) is 0 Å². The molecule has 11 heteroatoms. The second-order valence-corrected chi connectivity index (χ2v) is 5.76. The summed E-state index contributed by atoms with van der Waals surface area (Å²) in [5.41, 5.74) is 0. The van der Waals surface area contributed by atoms with Crippen LogP contribution in [-0.4, -0.2) is 120 Å². The minimum absolute atomic E-state index is 0.752. The van der Waals surface area contributed by atoms with Gasteiger partial charge in [0.15, 0.2) is 0 Å². The van der Waals surface area contributed by atoms with Crippen LogP contribution in [0.5, 0.6) is 0 Å². The van der Waals surface area contributed by atoms with E-state index in [0.717, 1.165) is 0 Å². The SMILES string of the molecule is OC[C@H]1OC(C(O)C2(O)O[C@H](CO)[C@@H](O)[C@H]2O)[C@H](O)[C@@H](O)[C@@H]1O. The molecule has 0 aromatic heterocycles. The molecule has 0 aromatic carbocycles. The van der Waals surface area contributed by atoms with Crippen LogP contribution in [0, 0.1) is 0 Å². The van der Waals surface area contributed by atoms with E-state index >= 15 is 0 Å². The molecule has 0 aliphatic carbocycles. The maximum atomic E-state index is 10.3. The third kappa shape index (κ3) is 2.99. The van der Waals surface area contributed by atoms with Crippen LogP contribution < -0.4 is 0 Å². The fourth-order valence-electron chi connectivity index (χ4n) is 2.85. The summed E-state index contributed by atoms with van der Waals surface area (Å²) in [4.78, 5) is 0. The molecule has 0 saturated carbocycles. The van der Waals surface area contributed by atoms with Crippen LogP contribution in [-0.2, 0) is 9.47 Å². The molecule has 2 aliphatic heterocycles. The normalized spacial score (nSPS) is 52.6. The standard InChI is InChI=1S/C12H22O11/c13-1-3-5(15)7(17)8(18)9(22-3)11(20)12(21)10(19)6(16)4(2-14)23-12/h3-11,13-21H,1-2H2/t3-,4-,5-,6-,7+,8-,9?,10-,11?,12?/m1/s1. The Morgan fingerprint density at radius 3 is 1.87 bits per heavy atom. The first-order valence-corrected chi connectivity index (χ1v) is 7.04. The van der Waals surface area contributed by atoms with Crippen molar-refractivity contribution in [2.24, 2.45) is 0 Å². The highest BCUT2D eigenvalue weighted by Crippen LogP contribution is 2.36. The monoisotopic (exact) mass is 342 g/mol. The lowest BCUT2D eigenvalue weighted by Gasteiger charge is -2.45. The number of hydrogen-bond donors (Lipinski definition) is 9. The molecule has 0 radical (unpaired) electrons. The highest BCUT2D eigenvalue weighted by molar-refractivity contribution is 5.05. The quantitative estimate of drug-likeness (QED) is 0.235. The van der Waals surface area contributed by atoms with Crippen molar-refractivity contribution in [1.82, 2.24) is 0 Å². The molecule has 2 saturated heterocycles. The molecule has 9 N–H and O–H groups in total. The first-order valence-electron chi connectivity index (χ1n) is 7.04. The van der Waals surface area contributed by atoms with Gasteiger partial charge >= 0.3 is 0 Å². The molecular formula is C12H22O11. The van der Waals surface area contributed by atoms with Crippen LogP contribution >= 0.6 is 0 Å². The van der Waals surface area contributed by atoms with Crippen LogP contribution in [0.15, 0.2) is 0 Å². The zero-order valence-electron chi connectivity index (χ0n) is 12.0. The fraction of sp³-hybridized carbons (Fsp3) is 1.00. The zero-order valence-corrected chi connectivity index (χ0v) is 12.0. The van der Waals surface area contributed by atoms with Crippen molar-refractivity contribution in [2.75, 3.05) is 13.2 Å². The van der Waals surface area contributed by atoms with Gasteiger partial charge in [-0.25, -0.2) is 0 Å². The molecule has 2 fully saturated rings. The predicted octanol–water partition coefficient (Wildman–Crippen LogP) is -6.01. The molecule has 0 aromatic rings. The van der Waals surface area contributed by atoms with Gasteiger partial charge in [0.2, 0.25) is 5.79 Å². The second-order valence-electron chi connectivity index (χ2n) is 5.76. The van der Waals surface area contributed by atoms with Gasteiger partial charge in [0.1, 0.15) is 54.9 Å². The number of aliphatic hydroxyl groups excluding tert-OH is 8. The molecule has 2 rings (SSSR count). The molecule has 23 heavy (non-hydrogen) atoms. The van der Waals surface area contributed by atoms with Crippen LogP contribution in [0.2, 0.25) is 0 Å². The van der Waals surface area contributed by atoms with Gasteiger partial charge in [-0.05, 0) is 0 Å². The molecule has 2 aliphatic rings. The Kier molecular flexibility index (Phi) is 5.60. The largest absolute Gasteiger partial charge is 0.394 e. The van der Waals surface area contributed by atoms with E-state index in [2.05, 4.69) is 0 Å². The van der Waals surface area contributed by atoms with E-state index in [4.69, 9.17) is 19.7 Å². The third-order valence-corrected chi connectivity index (χ3v) is 4.31. The molecular weight excluding hydrogens is 320 g/mol. The smallest absolute Gasteiger partial charge is 0.224 e. The topological polar surface area (TPSA) is 201 Å². The summed E-state index contributed by atoms with van der Waals surface area (Å²) < 4.78 is 9.94. The number of rotatable bonds is 4. The van der Waals surface area contributed by atoms with Crippen molar-refractivity contribution in [2.45, 2.75) is 60.7 Å². The molecule has 0 spiro atoms. The van der Waals surface area contributed by atoms with Crippen LogP contribution in [0.1, 0.15) is 0 Å². The average molecular weight is 342 g/mol. The average Bonchev–Trinajstić information content (AvgIpc) is 2.77. The summed E-state index contributed by atoms with van der Waals surface area (Å²) in [6.45, 7) is -1.51. The maximum Gasteiger partial charge on any atom is 0.224 e. The van der Waals surface area contributed by atoms with E-state index in [1.807, 2.05) is 0 Å². The van der Waals surface area contributed by atoms with Gasteiger partial charge < -0.3 is 55.4 Å². The highest BCUT2D eigenvalue weighted by Gasteiger charge is 2.61. The maximum absolute atomic E-state index is 10.3. The number of hydrogen-bond acceptors (Lipinski definition) is 11. The molecule has 0 bridgehead atoms. The van der Waals surface area contributed by atoms with Crippen molar-refractivity contribution in [3.05, 3.63) is 0 Å². The summed E-state index contributed by atoms with van der Waals surface area (Å²) >= 11 is 0. The van der Waals surface area contributed by atoms with Gasteiger partial charge in [-0.1, -0.05) is 0 Å². The summed E-state index contributed by atoms with van der Waals surface area (Å²) in [5.74, 6) is -2.81. The summed E-state index contributed by atoms with van der Waals surface area (Å²) in [5, 5.41) is 87.4. The van der Waals surface area contributed by atoms with Gasteiger partial charge in [-0.3, -0.25) is 0 Å². The molecule has 3 unspecified atom stereocenters. The van der Waals surface area contributed by atoms with E-state index in [1.54, 1.807) is 0 Å². The first-order chi connectivity index (χ1) is 10.7. The van der Waals surface area contributed by atoms with Gasteiger partial charge in [-0.15, -0.1) is 0 Å². The van der Waals surface area contributed by atoms with E-state index in [0.29, 0.717) is 0 Å². The van der Waals surface area contributed by atoms with Crippen molar-refractivity contribution >= 4 is 0 Å². The van der Waals surface area contributed by atoms with Gasteiger partial charge in [0, 0.05) is 0 Å². The lowest BCUT2D eigenvalue weighted by Crippen LogP contribution is -2.67. The summed E-state index contributed by atoms with van der Waals surface area (Å²) in [6, 6.07) is 0. The Balaban J connectivity index is 2.23. The molecule has 2 heterocycles.